The first-order valence-corrected chi connectivity index (χ1v) is 14.7. The molecule has 2 aliphatic heterocycles. The van der Waals surface area contributed by atoms with Crippen molar-refractivity contribution < 1.29 is 28.4 Å². The van der Waals surface area contributed by atoms with E-state index in [0.717, 1.165) is 37.1 Å². The Morgan fingerprint density at radius 2 is 1.85 bits per heavy atom. The fraction of sp³-hybridized carbons (Fsp3) is 0.815. The molecule has 12 heteroatoms. The highest BCUT2D eigenvalue weighted by Gasteiger charge is 2.53. The van der Waals surface area contributed by atoms with E-state index in [0.29, 0.717) is 32.4 Å². The Morgan fingerprint density at radius 1 is 1.13 bits per heavy atom. The number of amides is 5. The lowest BCUT2D eigenvalue weighted by Crippen LogP contribution is -2.61. The third-order valence-corrected chi connectivity index (χ3v) is 9.30. The number of carbonyl (C=O) groups excluding carboxylic acids is 5. The van der Waals surface area contributed by atoms with Gasteiger partial charge in [-0.25, -0.2) is 9.40 Å². The number of piperidine rings is 1. The maximum atomic E-state index is 14.1. The van der Waals surface area contributed by atoms with Gasteiger partial charge in [-0.2, -0.15) is 0 Å². The minimum atomic E-state index is -2.40. The molecule has 0 aromatic rings. The van der Waals surface area contributed by atoms with Crippen molar-refractivity contribution in [3.05, 3.63) is 0 Å². The minimum Gasteiger partial charge on any atom is -0.356 e. The van der Waals surface area contributed by atoms with Gasteiger partial charge < -0.3 is 15.5 Å². The Morgan fingerprint density at radius 3 is 2.46 bits per heavy atom. The summed E-state index contributed by atoms with van der Waals surface area (Å²) in [5.74, 6) is -3.22. The number of halogens is 2. The second-order valence-corrected chi connectivity index (χ2v) is 12.6. The number of nitrogens with zero attached hydrogens (tertiary/aromatic N) is 2. The second-order valence-electron chi connectivity index (χ2n) is 12.2. The smallest absolute Gasteiger partial charge is 0.291 e. The van der Waals surface area contributed by atoms with Crippen LogP contribution in [0.5, 0.6) is 0 Å². The molecule has 2 heterocycles. The Labute approximate surface area is 234 Å². The maximum Gasteiger partial charge on any atom is 0.291 e. The normalized spacial score (nSPS) is 28.2. The van der Waals surface area contributed by atoms with Gasteiger partial charge >= 0.3 is 0 Å². The average Bonchev–Trinajstić information content (AvgIpc) is 3.55. The molecule has 4 aliphatic rings. The summed E-state index contributed by atoms with van der Waals surface area (Å²) in [6.07, 6.45) is 5.94. The van der Waals surface area contributed by atoms with Crippen LogP contribution < -0.4 is 16.1 Å². The number of rotatable bonds is 9. The number of likely N-dealkylation sites (tertiary alicyclic amines) is 1. The molecule has 3 N–H and O–H groups in total. The number of alkyl halides is 2. The number of fused-ring (bicyclic) bond motifs is 1. The van der Waals surface area contributed by atoms with Crippen LogP contribution in [0.3, 0.4) is 0 Å². The highest BCUT2D eigenvalue weighted by molar-refractivity contribution is 6.29. The molecule has 2 saturated heterocycles. The van der Waals surface area contributed by atoms with Gasteiger partial charge in [-0.05, 0) is 62.2 Å². The van der Waals surface area contributed by atoms with Gasteiger partial charge in [0.15, 0.2) is 0 Å². The van der Waals surface area contributed by atoms with Crippen LogP contribution in [0.4, 0.5) is 4.39 Å². The number of hydrogen-bond acceptors (Lipinski definition) is 5. The van der Waals surface area contributed by atoms with E-state index in [2.05, 4.69) is 16.1 Å². The van der Waals surface area contributed by atoms with Gasteiger partial charge in [-0.15, -0.1) is 0 Å². The monoisotopic (exact) mass is 569 g/mol. The van der Waals surface area contributed by atoms with Crippen LogP contribution in [-0.4, -0.2) is 76.8 Å². The molecule has 0 aromatic heterocycles. The number of hydrogen-bond donors (Lipinski definition) is 3. The lowest BCUT2D eigenvalue weighted by molar-refractivity contribution is -0.151. The van der Waals surface area contributed by atoms with Crippen LogP contribution in [0.1, 0.15) is 72.1 Å². The van der Waals surface area contributed by atoms with Gasteiger partial charge in [0.05, 0.1) is 12.5 Å². The van der Waals surface area contributed by atoms with Crippen LogP contribution in [0, 0.1) is 29.1 Å². The second kappa shape index (κ2) is 12.0. The Kier molecular flexibility index (Phi) is 9.08. The van der Waals surface area contributed by atoms with E-state index in [1.54, 1.807) is 4.90 Å². The van der Waals surface area contributed by atoms with E-state index in [9.17, 15) is 28.4 Å². The fourth-order valence-corrected chi connectivity index (χ4v) is 6.29. The molecular weight excluding hydrogens is 529 g/mol. The van der Waals surface area contributed by atoms with Gasteiger partial charge in [0.2, 0.25) is 17.7 Å². The van der Waals surface area contributed by atoms with E-state index in [1.807, 2.05) is 20.8 Å². The summed E-state index contributed by atoms with van der Waals surface area (Å²) in [6, 6.07) is -1.70. The van der Waals surface area contributed by atoms with Gasteiger partial charge in [0.25, 0.3) is 17.4 Å². The van der Waals surface area contributed by atoms with Crippen molar-refractivity contribution in [3.8, 4) is 0 Å². The molecule has 0 spiro atoms. The predicted molar refractivity (Wildman–Crippen MR) is 141 cm³/mol. The third kappa shape index (κ3) is 6.49. The van der Waals surface area contributed by atoms with Gasteiger partial charge in [-0.1, -0.05) is 38.8 Å². The zero-order valence-corrected chi connectivity index (χ0v) is 23.8. The summed E-state index contributed by atoms with van der Waals surface area (Å²) in [5.41, 5.74) is -0.432. The zero-order chi connectivity index (χ0) is 28.5. The highest BCUT2D eigenvalue weighted by atomic mass is 35.5. The molecule has 4 rings (SSSR count). The van der Waals surface area contributed by atoms with E-state index < -0.39 is 40.9 Å². The number of hydrazine groups is 1. The molecule has 5 amide bonds. The molecule has 39 heavy (non-hydrogen) atoms. The Hall–Kier alpha value is -2.43. The molecule has 218 valence electrons. The van der Waals surface area contributed by atoms with E-state index >= 15 is 0 Å². The lowest BCUT2D eigenvalue weighted by atomic mass is 9.80. The fourth-order valence-electron chi connectivity index (χ4n) is 6.17. The van der Waals surface area contributed by atoms with Crippen molar-refractivity contribution in [1.29, 1.82) is 0 Å². The SMILES string of the molecule is CCC(C)(C)[C@H](NC(=O)C1CC1)C(=O)N1C[C@@H]2CCC[C@@H]2[C@H]1C(=O)NN(C[C@H]1CCCNC1=O)C(=O)[C@H](F)Cl. The van der Waals surface area contributed by atoms with Crippen LogP contribution in [0.25, 0.3) is 0 Å². The summed E-state index contributed by atoms with van der Waals surface area (Å²) < 4.78 is 13.9. The van der Waals surface area contributed by atoms with Crippen molar-refractivity contribution in [3.63, 3.8) is 0 Å². The van der Waals surface area contributed by atoms with E-state index in [1.165, 1.54) is 0 Å². The largest absolute Gasteiger partial charge is 0.356 e. The van der Waals surface area contributed by atoms with Crippen LogP contribution in [0.2, 0.25) is 0 Å². The van der Waals surface area contributed by atoms with Crippen LogP contribution >= 0.6 is 11.6 Å². The van der Waals surface area contributed by atoms with Crippen LogP contribution in [0.15, 0.2) is 0 Å². The standard InChI is InChI=1S/C27H41ClFN5O5/c1-4-27(2,3)20(31-23(36)15-10-11-15)25(38)33-13-16-7-5-9-18(16)19(33)24(37)32-34(26(39)21(28)29)14-17-8-6-12-30-22(17)35/h15-21H,4-14H2,1-3H3,(H,30,35)(H,31,36)(H,32,37)/t16-,17+,18-,19-,20+,21-/m0/s1. The first kappa shape index (κ1) is 29.6. The summed E-state index contributed by atoms with van der Waals surface area (Å²) in [5, 5.41) is 6.48. The summed E-state index contributed by atoms with van der Waals surface area (Å²) in [6.45, 7) is 6.47. The Balaban J connectivity index is 1.57. The van der Waals surface area contributed by atoms with Gasteiger partial charge in [0.1, 0.15) is 12.1 Å². The Bertz CT molecular complexity index is 990. The average molecular weight is 570 g/mol. The first-order chi connectivity index (χ1) is 18.4. The summed E-state index contributed by atoms with van der Waals surface area (Å²) >= 11 is 5.46. The first-order valence-electron chi connectivity index (χ1n) is 14.2. The molecule has 0 aromatic carbocycles. The molecule has 0 radical (unpaired) electrons. The summed E-state index contributed by atoms with van der Waals surface area (Å²) in [4.78, 5) is 67.1. The minimum absolute atomic E-state index is 0.0780. The van der Waals surface area contributed by atoms with Crippen molar-refractivity contribution in [2.24, 2.45) is 29.1 Å². The molecule has 2 saturated carbocycles. The van der Waals surface area contributed by atoms with Crippen LogP contribution in [-0.2, 0) is 24.0 Å². The molecule has 0 unspecified atom stereocenters. The molecular formula is C27H41ClFN5O5. The molecule has 4 fully saturated rings. The predicted octanol–water partition coefficient (Wildman–Crippen LogP) is 1.86. The third-order valence-electron chi connectivity index (χ3n) is 9.12. The molecule has 6 atom stereocenters. The quantitative estimate of drug-likeness (QED) is 0.288. The molecule has 0 bridgehead atoms. The number of carbonyl (C=O) groups is 5. The van der Waals surface area contributed by atoms with Crippen molar-refractivity contribution >= 4 is 41.1 Å². The molecule has 2 aliphatic carbocycles. The topological polar surface area (TPSA) is 128 Å². The lowest BCUT2D eigenvalue weighted by Gasteiger charge is -2.38. The van der Waals surface area contributed by atoms with Crippen molar-refractivity contribution in [1.82, 2.24) is 26.0 Å². The highest BCUT2D eigenvalue weighted by Crippen LogP contribution is 2.43. The zero-order valence-electron chi connectivity index (χ0n) is 23.0. The van der Waals surface area contributed by atoms with E-state index in [-0.39, 0.29) is 42.0 Å². The molecule has 10 nitrogen and oxygen atoms in total. The summed E-state index contributed by atoms with van der Waals surface area (Å²) in [7, 11) is 0. The van der Waals surface area contributed by atoms with Crippen molar-refractivity contribution in [2.45, 2.75) is 89.9 Å². The van der Waals surface area contributed by atoms with Gasteiger partial charge in [-0.3, -0.25) is 29.4 Å². The van der Waals surface area contributed by atoms with Crippen molar-refractivity contribution in [2.75, 3.05) is 19.6 Å². The van der Waals surface area contributed by atoms with Gasteiger partial charge in [0, 0.05) is 19.0 Å². The maximum absolute atomic E-state index is 14.1. The van der Waals surface area contributed by atoms with E-state index in [4.69, 9.17) is 11.6 Å². The number of nitrogens with one attached hydrogen (secondary N) is 3.